The lowest BCUT2D eigenvalue weighted by molar-refractivity contribution is 0.0690. The first-order valence-corrected chi connectivity index (χ1v) is 7.43. The van der Waals surface area contributed by atoms with E-state index in [-0.39, 0.29) is 11.8 Å². The predicted molar refractivity (Wildman–Crippen MR) is 78.4 cm³/mol. The number of H-pyrrole nitrogens is 1. The molecular weight excluding hydrogens is 284 g/mol. The van der Waals surface area contributed by atoms with Crippen LogP contribution in [0.15, 0.2) is 16.9 Å². The molecule has 2 aromatic rings. The lowest BCUT2D eigenvalue weighted by Crippen LogP contribution is -2.40. The highest BCUT2D eigenvalue weighted by Crippen LogP contribution is 2.26. The lowest BCUT2D eigenvalue weighted by atomic mass is 9.97. The van der Waals surface area contributed by atoms with Gasteiger partial charge in [-0.05, 0) is 19.8 Å². The van der Waals surface area contributed by atoms with E-state index in [9.17, 15) is 4.79 Å². The number of ether oxygens (including phenoxy) is 1. The second-order valence-electron chi connectivity index (χ2n) is 5.56. The predicted octanol–water partition coefficient (Wildman–Crippen LogP) is 1.87. The molecule has 7 nitrogen and oxygen atoms in total. The van der Waals surface area contributed by atoms with E-state index < -0.39 is 0 Å². The van der Waals surface area contributed by atoms with Gasteiger partial charge in [0.05, 0.1) is 12.2 Å². The Kier molecular flexibility index (Phi) is 4.24. The molecule has 1 saturated heterocycles. The largest absolute Gasteiger partial charge is 0.380 e. The van der Waals surface area contributed by atoms with Gasteiger partial charge in [0.25, 0.3) is 5.91 Å². The zero-order chi connectivity index (χ0) is 15.5. The molecule has 7 heteroatoms. The topological polar surface area (TPSA) is 84.2 Å². The molecule has 0 radical (unpaired) electrons. The molecule has 0 aliphatic carbocycles. The van der Waals surface area contributed by atoms with Gasteiger partial charge in [0.1, 0.15) is 11.6 Å². The van der Waals surface area contributed by atoms with Crippen molar-refractivity contribution in [2.24, 2.45) is 0 Å². The van der Waals surface area contributed by atoms with E-state index in [0.717, 1.165) is 30.8 Å². The molecule has 1 aliphatic heterocycles. The Hall–Kier alpha value is -2.15. The van der Waals surface area contributed by atoms with Gasteiger partial charge in [0, 0.05) is 38.5 Å². The third-order valence-electron chi connectivity index (χ3n) is 4.09. The number of likely N-dealkylation sites (tertiary alicyclic amines) is 1. The number of rotatable bonds is 4. The van der Waals surface area contributed by atoms with Crippen molar-refractivity contribution < 1.29 is 14.1 Å². The Bertz CT molecular complexity index is 635. The number of amides is 1. The monoisotopic (exact) mass is 304 g/mol. The highest BCUT2D eigenvalue weighted by atomic mass is 16.5. The summed E-state index contributed by atoms with van der Waals surface area (Å²) in [6.07, 6.45) is 5.54. The Labute approximate surface area is 128 Å². The van der Waals surface area contributed by atoms with Crippen molar-refractivity contribution in [3.05, 3.63) is 35.2 Å². The molecule has 2 aromatic heterocycles. The van der Waals surface area contributed by atoms with Crippen LogP contribution in [-0.4, -0.2) is 46.1 Å². The van der Waals surface area contributed by atoms with Gasteiger partial charge >= 0.3 is 0 Å². The molecule has 1 fully saturated rings. The number of hydrogen-bond donors (Lipinski definition) is 1. The first-order chi connectivity index (χ1) is 10.7. The molecule has 0 aromatic carbocycles. The van der Waals surface area contributed by atoms with Crippen molar-refractivity contribution in [2.75, 3.05) is 20.2 Å². The van der Waals surface area contributed by atoms with Crippen molar-refractivity contribution in [3.63, 3.8) is 0 Å². The molecule has 1 amide bonds. The van der Waals surface area contributed by atoms with Crippen LogP contribution < -0.4 is 0 Å². The van der Waals surface area contributed by atoms with E-state index in [1.807, 2.05) is 11.1 Å². The summed E-state index contributed by atoms with van der Waals surface area (Å²) in [4.78, 5) is 22.0. The molecule has 1 atom stereocenters. The zero-order valence-electron chi connectivity index (χ0n) is 12.8. The van der Waals surface area contributed by atoms with Crippen LogP contribution in [0, 0.1) is 6.92 Å². The number of methoxy groups -OCH3 is 1. The number of carbonyl (C=O) groups excluding carboxylic acids is 1. The molecule has 3 rings (SSSR count). The first kappa shape index (κ1) is 14.8. The van der Waals surface area contributed by atoms with E-state index in [4.69, 9.17) is 9.26 Å². The van der Waals surface area contributed by atoms with Gasteiger partial charge in [-0.2, -0.15) is 0 Å². The fourth-order valence-corrected chi connectivity index (χ4v) is 2.91. The molecule has 1 N–H and O–H groups in total. The third kappa shape index (κ3) is 2.76. The van der Waals surface area contributed by atoms with Crippen LogP contribution in [0.5, 0.6) is 0 Å². The molecular formula is C15H20N4O3. The van der Waals surface area contributed by atoms with E-state index in [1.165, 1.54) is 0 Å². The van der Waals surface area contributed by atoms with E-state index in [0.29, 0.717) is 24.6 Å². The van der Waals surface area contributed by atoms with Crippen LogP contribution in [0.4, 0.5) is 0 Å². The van der Waals surface area contributed by atoms with Crippen LogP contribution >= 0.6 is 0 Å². The average Bonchev–Trinajstić information content (AvgIpc) is 3.18. The molecule has 118 valence electrons. The van der Waals surface area contributed by atoms with Gasteiger partial charge in [-0.1, -0.05) is 5.16 Å². The Morgan fingerprint density at radius 2 is 2.45 bits per heavy atom. The Morgan fingerprint density at radius 1 is 1.59 bits per heavy atom. The van der Waals surface area contributed by atoms with Crippen LogP contribution in [-0.2, 0) is 11.3 Å². The highest BCUT2D eigenvalue weighted by molar-refractivity contribution is 5.93. The van der Waals surface area contributed by atoms with Crippen LogP contribution in [0.1, 0.15) is 46.4 Å². The molecule has 22 heavy (non-hydrogen) atoms. The molecule has 0 spiro atoms. The van der Waals surface area contributed by atoms with Crippen molar-refractivity contribution >= 4 is 5.91 Å². The molecule has 0 saturated carbocycles. The summed E-state index contributed by atoms with van der Waals surface area (Å²) in [7, 11) is 1.59. The number of aryl methyl sites for hydroxylation is 1. The summed E-state index contributed by atoms with van der Waals surface area (Å²) in [5.74, 6) is 1.71. The zero-order valence-corrected chi connectivity index (χ0v) is 12.8. The first-order valence-electron chi connectivity index (χ1n) is 7.43. The van der Waals surface area contributed by atoms with Crippen LogP contribution in [0.25, 0.3) is 0 Å². The molecule has 0 bridgehead atoms. The minimum atomic E-state index is -0.0971. The summed E-state index contributed by atoms with van der Waals surface area (Å²) < 4.78 is 10.3. The van der Waals surface area contributed by atoms with Gasteiger partial charge < -0.3 is 19.1 Å². The van der Waals surface area contributed by atoms with Crippen LogP contribution in [0.3, 0.4) is 0 Å². The second-order valence-corrected chi connectivity index (χ2v) is 5.56. The van der Waals surface area contributed by atoms with Gasteiger partial charge in [-0.25, -0.2) is 4.98 Å². The standard InChI is InChI=1S/C15H20N4O3/c1-10-12(9-21-2)13(18-22-10)15(20)19-7-3-4-11(8-19)14-16-5-6-17-14/h5-6,11H,3-4,7-9H2,1-2H3,(H,16,17)/t11-/m1/s1. The Balaban J connectivity index is 1.77. The number of aromatic amines is 1. The fourth-order valence-electron chi connectivity index (χ4n) is 2.91. The fraction of sp³-hybridized carbons (Fsp3) is 0.533. The van der Waals surface area contributed by atoms with Gasteiger partial charge in [-0.15, -0.1) is 0 Å². The minimum absolute atomic E-state index is 0.0971. The van der Waals surface area contributed by atoms with Gasteiger partial charge in [0.2, 0.25) is 0 Å². The highest BCUT2D eigenvalue weighted by Gasteiger charge is 2.30. The van der Waals surface area contributed by atoms with Gasteiger partial charge in [-0.3, -0.25) is 4.79 Å². The normalized spacial score (nSPS) is 18.6. The lowest BCUT2D eigenvalue weighted by Gasteiger charge is -2.31. The van der Waals surface area contributed by atoms with E-state index >= 15 is 0 Å². The van der Waals surface area contributed by atoms with Crippen molar-refractivity contribution in [1.29, 1.82) is 0 Å². The van der Waals surface area contributed by atoms with Crippen LogP contribution in [0.2, 0.25) is 0 Å². The summed E-state index contributed by atoms with van der Waals surface area (Å²) in [5.41, 5.74) is 1.09. The maximum Gasteiger partial charge on any atom is 0.276 e. The molecule has 1 aliphatic rings. The van der Waals surface area contributed by atoms with Gasteiger partial charge in [0.15, 0.2) is 5.69 Å². The SMILES string of the molecule is COCc1c(C(=O)N2CCC[C@@H](c3ncc[nH]3)C2)noc1C. The Morgan fingerprint density at radius 3 is 3.18 bits per heavy atom. The number of piperidine rings is 1. The third-order valence-corrected chi connectivity index (χ3v) is 4.09. The number of carbonyl (C=O) groups is 1. The maximum atomic E-state index is 12.7. The molecule has 3 heterocycles. The molecule has 0 unspecified atom stereocenters. The number of nitrogens with zero attached hydrogens (tertiary/aromatic N) is 3. The van der Waals surface area contributed by atoms with Crippen molar-refractivity contribution in [1.82, 2.24) is 20.0 Å². The number of aromatic nitrogens is 3. The second kappa shape index (κ2) is 6.31. The van der Waals surface area contributed by atoms with E-state index in [2.05, 4.69) is 15.1 Å². The minimum Gasteiger partial charge on any atom is -0.380 e. The summed E-state index contributed by atoms with van der Waals surface area (Å²) in [6, 6.07) is 0. The quantitative estimate of drug-likeness (QED) is 0.932. The summed E-state index contributed by atoms with van der Waals surface area (Å²) in [6.45, 7) is 3.49. The smallest absolute Gasteiger partial charge is 0.276 e. The number of hydrogen-bond acceptors (Lipinski definition) is 5. The number of nitrogens with one attached hydrogen (secondary N) is 1. The number of imidazole rings is 1. The summed E-state index contributed by atoms with van der Waals surface area (Å²) in [5, 5.41) is 3.93. The average molecular weight is 304 g/mol. The van der Waals surface area contributed by atoms with E-state index in [1.54, 1.807) is 20.2 Å². The summed E-state index contributed by atoms with van der Waals surface area (Å²) >= 11 is 0. The maximum absolute atomic E-state index is 12.7. The van der Waals surface area contributed by atoms with Crippen molar-refractivity contribution in [2.45, 2.75) is 32.3 Å². The van der Waals surface area contributed by atoms with Crippen molar-refractivity contribution in [3.8, 4) is 0 Å².